The monoisotopic (exact) mass is 500 g/mol. The lowest BCUT2D eigenvalue weighted by atomic mass is 9.84. The van der Waals surface area contributed by atoms with Crippen LogP contribution in [0.5, 0.6) is 0 Å². The number of quaternary nitrogens is 5. The summed E-state index contributed by atoms with van der Waals surface area (Å²) in [5, 5.41) is 54.9. The number of aliphatic hydroxyl groups excluding tert-OH is 4. The predicted molar refractivity (Wildman–Crippen MR) is 111 cm³/mol. The highest BCUT2D eigenvalue weighted by molar-refractivity contribution is 4.98. The number of nitrogens with two attached hydrogens (primary N) is 1. The minimum absolute atomic E-state index is 0.0455. The van der Waals surface area contributed by atoms with Gasteiger partial charge in [-0.3, -0.25) is 0 Å². The molecule has 0 aromatic heterocycles. The van der Waals surface area contributed by atoms with Crippen molar-refractivity contribution in [3.05, 3.63) is 0 Å². The van der Waals surface area contributed by atoms with Crippen LogP contribution in [0.4, 0.5) is 0 Å². The highest BCUT2D eigenvalue weighted by Gasteiger charge is 2.55. The van der Waals surface area contributed by atoms with Crippen molar-refractivity contribution in [3.8, 4) is 0 Å². The van der Waals surface area contributed by atoms with Crippen molar-refractivity contribution in [2.45, 2.75) is 111 Å². The Morgan fingerprint density at radius 2 is 1.50 bits per heavy atom. The van der Waals surface area contributed by atoms with Crippen LogP contribution in [0.15, 0.2) is 0 Å². The van der Waals surface area contributed by atoms with E-state index in [1.807, 2.05) is 0 Å². The maximum absolute atomic E-state index is 11.2. The zero-order valence-electron chi connectivity index (χ0n) is 20.3. The van der Waals surface area contributed by atoms with Crippen LogP contribution in [-0.2, 0) is 18.9 Å². The molecule has 0 unspecified atom stereocenters. The Morgan fingerprint density at radius 3 is 2.03 bits per heavy atom. The average Bonchev–Trinajstić information content (AvgIpc) is 2.75. The molecule has 14 nitrogen and oxygen atoms in total. The highest BCUT2D eigenvalue weighted by Crippen LogP contribution is 2.30. The van der Waals surface area contributed by atoms with Gasteiger partial charge in [-0.2, -0.15) is 0 Å². The van der Waals surface area contributed by atoms with Gasteiger partial charge in [0, 0.05) is 0 Å². The number of rotatable bonds is 6. The maximum atomic E-state index is 11.2. The first-order chi connectivity index (χ1) is 15.8. The van der Waals surface area contributed by atoms with Gasteiger partial charge in [0.25, 0.3) is 0 Å². The second-order valence-corrected chi connectivity index (χ2v) is 10.4. The van der Waals surface area contributed by atoms with E-state index >= 15 is 0 Å². The highest BCUT2D eigenvalue weighted by atomic mass is 16.7. The van der Waals surface area contributed by atoms with Gasteiger partial charge in [-0.05, 0) is 13.8 Å². The summed E-state index contributed by atoms with van der Waals surface area (Å²) < 4.78 is 23.6. The standard InChI is InChI=1S/C20H41N5O9/c1-6(21)14-11(27)10(26)9(24)18(32-14)33-15-7(22)4-8(23)16(12(15)28)34-19-13(29)17(25-3)20(2,30)5-31-19/h6-19,25-30H,4-5,21-24H2,1-3H3/p+5/t6-,7+,8-,9-,10-,11+,12+,13-,14-,15-,16+,17-,18-,19-,20+/m1/s1. The van der Waals surface area contributed by atoms with Crippen molar-refractivity contribution in [3.63, 3.8) is 0 Å². The van der Waals surface area contributed by atoms with Crippen LogP contribution >= 0.6 is 0 Å². The number of aliphatic hydroxyl groups is 5. The molecule has 15 atom stereocenters. The molecule has 1 aliphatic carbocycles. The van der Waals surface area contributed by atoms with Crippen LogP contribution in [0.2, 0.25) is 0 Å². The van der Waals surface area contributed by atoms with Crippen molar-refractivity contribution in [2.75, 3.05) is 13.7 Å². The lowest BCUT2D eigenvalue weighted by Gasteiger charge is -2.46. The van der Waals surface area contributed by atoms with Gasteiger partial charge in [0.2, 0.25) is 6.29 Å². The molecule has 0 aromatic carbocycles. The Morgan fingerprint density at radius 1 is 0.941 bits per heavy atom. The Labute approximate surface area is 198 Å². The maximum Gasteiger partial charge on any atom is 0.214 e. The minimum Gasteiger partial charge on any atom is -0.387 e. The average molecular weight is 501 g/mol. The van der Waals surface area contributed by atoms with E-state index in [-0.39, 0.29) is 24.7 Å². The van der Waals surface area contributed by atoms with Crippen molar-refractivity contribution in [1.29, 1.82) is 0 Å². The van der Waals surface area contributed by atoms with Gasteiger partial charge in [-0.15, -0.1) is 0 Å². The fourth-order valence-corrected chi connectivity index (χ4v) is 5.30. The van der Waals surface area contributed by atoms with Crippen LogP contribution in [0.3, 0.4) is 0 Å². The van der Waals surface area contributed by atoms with Crippen molar-refractivity contribution < 1.29 is 72.7 Å². The van der Waals surface area contributed by atoms with Gasteiger partial charge >= 0.3 is 0 Å². The third kappa shape index (κ3) is 5.40. The summed E-state index contributed by atoms with van der Waals surface area (Å²) in [5.41, 5.74) is 14.7. The second kappa shape index (κ2) is 10.8. The van der Waals surface area contributed by atoms with E-state index < -0.39 is 73.0 Å². The van der Waals surface area contributed by atoms with E-state index in [0.29, 0.717) is 6.42 Å². The van der Waals surface area contributed by atoms with Crippen molar-refractivity contribution in [1.82, 2.24) is 0 Å². The molecule has 14 heteroatoms. The molecule has 34 heavy (non-hydrogen) atoms. The van der Waals surface area contributed by atoms with E-state index in [1.165, 1.54) is 0 Å². The third-order valence-electron chi connectivity index (χ3n) is 7.38. The third-order valence-corrected chi connectivity index (χ3v) is 7.38. The van der Waals surface area contributed by atoms with Gasteiger partial charge in [0.15, 0.2) is 18.4 Å². The summed E-state index contributed by atoms with van der Waals surface area (Å²) >= 11 is 0. The number of hydrogen-bond acceptors (Lipinski definition) is 9. The number of hydrogen-bond donors (Lipinski definition) is 10. The van der Waals surface area contributed by atoms with E-state index in [4.69, 9.17) is 18.9 Å². The van der Waals surface area contributed by atoms with Crippen LogP contribution < -0.4 is 28.3 Å². The summed E-state index contributed by atoms with van der Waals surface area (Å²) in [6.45, 7) is 3.29. The quantitative estimate of drug-likeness (QED) is 0.166. The Hall–Kier alpha value is -0.560. The normalized spacial score (nSPS) is 53.5. The molecule has 0 bridgehead atoms. The lowest BCUT2D eigenvalue weighted by Crippen LogP contribution is -2.96. The van der Waals surface area contributed by atoms with E-state index in [0.717, 1.165) is 0 Å². The molecule has 19 N–H and O–H groups in total. The number of ether oxygens (including phenoxy) is 4. The fourth-order valence-electron chi connectivity index (χ4n) is 5.30. The van der Waals surface area contributed by atoms with Gasteiger partial charge in [-0.1, -0.05) is 0 Å². The van der Waals surface area contributed by atoms with Gasteiger partial charge in [0.05, 0.1) is 20.1 Å². The summed E-state index contributed by atoms with van der Waals surface area (Å²) in [6.07, 6.45) is -8.80. The molecule has 2 heterocycles. The largest absolute Gasteiger partial charge is 0.387 e. The molecular weight excluding hydrogens is 454 g/mol. The Balaban J connectivity index is 1.73. The molecule has 0 aromatic rings. The topological polar surface area (TPSA) is 265 Å². The Bertz CT molecular complexity index is 676. The first-order valence-corrected chi connectivity index (χ1v) is 11.9. The molecule has 3 fully saturated rings. The van der Waals surface area contributed by atoms with Crippen LogP contribution in [0.1, 0.15) is 20.3 Å². The van der Waals surface area contributed by atoms with Gasteiger partial charge < -0.3 is 72.7 Å². The zero-order chi connectivity index (χ0) is 25.5. The molecule has 0 amide bonds. The Kier molecular flexibility index (Phi) is 8.92. The molecule has 3 aliphatic rings. The molecule has 200 valence electrons. The van der Waals surface area contributed by atoms with Gasteiger partial charge in [0.1, 0.15) is 66.4 Å². The molecule has 0 spiro atoms. The number of likely N-dealkylation sites (N-methyl/N-ethyl adjacent to an activating group) is 1. The first-order valence-electron chi connectivity index (χ1n) is 11.9. The lowest BCUT2D eigenvalue weighted by molar-refractivity contribution is -0.695. The van der Waals surface area contributed by atoms with E-state index in [2.05, 4.69) is 22.9 Å². The summed E-state index contributed by atoms with van der Waals surface area (Å²) in [5.74, 6) is 0. The van der Waals surface area contributed by atoms with Crippen LogP contribution in [0.25, 0.3) is 0 Å². The predicted octanol–water partition coefficient (Wildman–Crippen LogP) is -9.54. The summed E-state index contributed by atoms with van der Waals surface area (Å²) in [7, 11) is 1.74. The first kappa shape index (κ1) is 28.0. The SMILES string of the molecule is C[NH2+][C@@H]1[C@@H](O)[C@@H](O[C@@H]2[C@@H](O)[C@H](O[C@H]3O[C@H]([C@@H](C)[NH3+])[C@@H](O)[C@H](O)[C@H]3[NH3+])[C@@H]([NH3+])C[C@H]2[NH3+])OC[C@]1(C)O. The molecular formula is C20H46N5O9+5. The van der Waals surface area contributed by atoms with E-state index in [1.54, 1.807) is 26.2 Å². The second-order valence-electron chi connectivity index (χ2n) is 10.4. The van der Waals surface area contributed by atoms with Gasteiger partial charge in [-0.25, -0.2) is 0 Å². The van der Waals surface area contributed by atoms with Crippen molar-refractivity contribution >= 4 is 0 Å². The fraction of sp³-hybridized carbons (Fsp3) is 1.00. The van der Waals surface area contributed by atoms with E-state index in [9.17, 15) is 25.5 Å². The van der Waals surface area contributed by atoms with Crippen LogP contribution in [-0.4, -0.2) is 130 Å². The molecule has 0 radical (unpaired) electrons. The summed E-state index contributed by atoms with van der Waals surface area (Å²) in [4.78, 5) is 0. The molecule has 2 saturated heterocycles. The summed E-state index contributed by atoms with van der Waals surface area (Å²) in [6, 6.07) is -2.47. The van der Waals surface area contributed by atoms with Crippen molar-refractivity contribution in [2.24, 2.45) is 0 Å². The molecule has 2 aliphatic heterocycles. The van der Waals surface area contributed by atoms with Crippen LogP contribution in [0, 0.1) is 0 Å². The zero-order valence-corrected chi connectivity index (χ0v) is 20.3. The minimum atomic E-state index is -1.25. The molecule has 3 rings (SSSR count). The molecule has 1 saturated carbocycles. The smallest absolute Gasteiger partial charge is 0.214 e.